The molecule has 29 heavy (non-hydrogen) atoms. The van der Waals surface area contributed by atoms with Gasteiger partial charge in [-0.2, -0.15) is 0 Å². The van der Waals surface area contributed by atoms with E-state index in [0.29, 0.717) is 43.3 Å². The number of nitrogens with zero attached hydrogens (tertiary/aromatic N) is 3. The summed E-state index contributed by atoms with van der Waals surface area (Å²) in [6, 6.07) is 7.76. The van der Waals surface area contributed by atoms with Gasteiger partial charge in [0.15, 0.2) is 0 Å². The number of morpholine rings is 1. The van der Waals surface area contributed by atoms with Crippen molar-refractivity contribution < 1.29 is 9.53 Å². The topological polar surface area (TPSA) is 47.4 Å². The number of fused-ring (bicyclic) bond motifs is 1. The average molecular weight is 477 g/mol. The number of rotatable bonds is 3. The van der Waals surface area contributed by atoms with Gasteiger partial charge in [0.2, 0.25) is 0 Å². The van der Waals surface area contributed by atoms with Crippen LogP contribution in [-0.4, -0.2) is 46.7 Å². The lowest BCUT2D eigenvalue weighted by Gasteiger charge is -2.27. The van der Waals surface area contributed by atoms with Crippen LogP contribution in [0.25, 0.3) is 11.0 Å². The van der Waals surface area contributed by atoms with Crippen molar-refractivity contribution in [3.63, 3.8) is 0 Å². The quantitative estimate of drug-likeness (QED) is 0.552. The standard InChI is InChI=1S/C22H23BrClN3O2/c1-13-15(22(28)27-8-10-29-11-9-27)4-6-18(24)16(13)12-20-25-21-14(2)17(23)5-7-19(21)26(20)3/h4-7H,8-12H2,1-3H3. The Hall–Kier alpha value is -1.89. The lowest BCUT2D eigenvalue weighted by atomic mass is 9.98. The van der Waals surface area contributed by atoms with E-state index < -0.39 is 0 Å². The van der Waals surface area contributed by atoms with Gasteiger partial charge in [0.05, 0.1) is 24.2 Å². The zero-order chi connectivity index (χ0) is 20.7. The molecule has 1 saturated heterocycles. The summed E-state index contributed by atoms with van der Waals surface area (Å²) >= 11 is 10.1. The summed E-state index contributed by atoms with van der Waals surface area (Å²) in [6.45, 7) is 6.44. The maximum absolute atomic E-state index is 13.0. The Morgan fingerprint density at radius 1 is 1.17 bits per heavy atom. The van der Waals surface area contributed by atoms with Crippen molar-refractivity contribution in [1.29, 1.82) is 0 Å². The fraction of sp³-hybridized carbons (Fsp3) is 0.364. The lowest BCUT2D eigenvalue weighted by molar-refractivity contribution is 0.0302. The second-order valence-electron chi connectivity index (χ2n) is 7.41. The molecule has 0 radical (unpaired) electrons. The highest BCUT2D eigenvalue weighted by molar-refractivity contribution is 9.10. The zero-order valence-electron chi connectivity index (χ0n) is 16.8. The minimum Gasteiger partial charge on any atom is -0.378 e. The molecule has 1 fully saturated rings. The maximum Gasteiger partial charge on any atom is 0.254 e. The molecule has 0 saturated carbocycles. The van der Waals surface area contributed by atoms with E-state index in [0.717, 1.165) is 38.0 Å². The van der Waals surface area contributed by atoms with Crippen LogP contribution in [0.2, 0.25) is 5.02 Å². The largest absolute Gasteiger partial charge is 0.378 e. The number of aromatic nitrogens is 2. The molecule has 2 heterocycles. The van der Waals surface area contributed by atoms with E-state index in [1.807, 2.05) is 37.1 Å². The van der Waals surface area contributed by atoms with Gasteiger partial charge in [-0.05, 0) is 54.8 Å². The lowest BCUT2D eigenvalue weighted by Crippen LogP contribution is -2.41. The summed E-state index contributed by atoms with van der Waals surface area (Å²) in [7, 11) is 2.02. The fourth-order valence-corrected chi connectivity index (χ4v) is 4.43. The van der Waals surface area contributed by atoms with Crippen LogP contribution in [0.1, 0.15) is 32.9 Å². The number of amides is 1. The first-order valence-electron chi connectivity index (χ1n) is 9.64. The van der Waals surface area contributed by atoms with Crippen molar-refractivity contribution in [3.8, 4) is 0 Å². The molecule has 7 heteroatoms. The summed E-state index contributed by atoms with van der Waals surface area (Å²) in [6.07, 6.45) is 0.567. The highest BCUT2D eigenvalue weighted by Crippen LogP contribution is 2.30. The number of halogens is 2. The van der Waals surface area contributed by atoms with Crippen molar-refractivity contribution >= 4 is 44.5 Å². The molecule has 152 valence electrons. The molecule has 0 bridgehead atoms. The van der Waals surface area contributed by atoms with E-state index in [9.17, 15) is 4.79 Å². The van der Waals surface area contributed by atoms with Crippen LogP contribution < -0.4 is 0 Å². The highest BCUT2D eigenvalue weighted by atomic mass is 79.9. The van der Waals surface area contributed by atoms with Gasteiger partial charge in [0.25, 0.3) is 5.91 Å². The molecule has 4 rings (SSSR count). The molecule has 0 spiro atoms. The zero-order valence-corrected chi connectivity index (χ0v) is 19.1. The normalized spacial score (nSPS) is 14.6. The molecule has 3 aromatic rings. The molecule has 5 nitrogen and oxygen atoms in total. The summed E-state index contributed by atoms with van der Waals surface area (Å²) in [5, 5.41) is 0.658. The number of hydrogen-bond acceptors (Lipinski definition) is 3. The van der Waals surface area contributed by atoms with Gasteiger partial charge in [-0.15, -0.1) is 0 Å². The Bertz CT molecular complexity index is 1100. The molecule has 0 aliphatic carbocycles. The van der Waals surface area contributed by atoms with Gasteiger partial charge in [0, 0.05) is 41.6 Å². The number of imidazole rings is 1. The number of carbonyl (C=O) groups is 1. The smallest absolute Gasteiger partial charge is 0.254 e. The fourth-order valence-electron chi connectivity index (χ4n) is 3.84. The van der Waals surface area contributed by atoms with Crippen LogP contribution in [0, 0.1) is 13.8 Å². The van der Waals surface area contributed by atoms with Gasteiger partial charge in [-0.3, -0.25) is 4.79 Å². The van der Waals surface area contributed by atoms with E-state index in [1.54, 1.807) is 0 Å². The number of aryl methyl sites for hydroxylation is 2. The first-order valence-corrected chi connectivity index (χ1v) is 10.8. The van der Waals surface area contributed by atoms with Crippen LogP contribution in [0.15, 0.2) is 28.7 Å². The van der Waals surface area contributed by atoms with E-state index in [2.05, 4.69) is 33.5 Å². The van der Waals surface area contributed by atoms with E-state index in [4.69, 9.17) is 21.3 Å². The van der Waals surface area contributed by atoms with Gasteiger partial charge >= 0.3 is 0 Å². The third-order valence-electron chi connectivity index (χ3n) is 5.74. The number of benzene rings is 2. The monoisotopic (exact) mass is 475 g/mol. The third-order valence-corrected chi connectivity index (χ3v) is 6.95. The Balaban J connectivity index is 1.72. The molecule has 0 unspecified atom stereocenters. The second kappa shape index (κ2) is 8.09. The van der Waals surface area contributed by atoms with Crippen LogP contribution in [-0.2, 0) is 18.2 Å². The molecular formula is C22H23BrClN3O2. The predicted molar refractivity (Wildman–Crippen MR) is 119 cm³/mol. The second-order valence-corrected chi connectivity index (χ2v) is 8.67. The summed E-state index contributed by atoms with van der Waals surface area (Å²) < 4.78 is 8.51. The minimum absolute atomic E-state index is 0.0356. The SMILES string of the molecule is Cc1c(C(=O)N2CCOCC2)ccc(Cl)c1Cc1nc2c(C)c(Br)ccc2n1C. The van der Waals surface area contributed by atoms with E-state index in [1.165, 1.54) is 0 Å². The first-order chi connectivity index (χ1) is 13.9. The Kier molecular flexibility index (Phi) is 5.69. The Labute approximate surface area is 183 Å². The Morgan fingerprint density at radius 2 is 1.90 bits per heavy atom. The van der Waals surface area contributed by atoms with E-state index in [-0.39, 0.29) is 5.91 Å². The van der Waals surface area contributed by atoms with Gasteiger partial charge in [0.1, 0.15) is 5.82 Å². The maximum atomic E-state index is 13.0. The summed E-state index contributed by atoms with van der Waals surface area (Å²) in [5.41, 5.74) is 5.73. The third kappa shape index (κ3) is 3.69. The molecule has 1 aliphatic heterocycles. The average Bonchev–Trinajstić information content (AvgIpc) is 3.04. The Morgan fingerprint density at radius 3 is 2.62 bits per heavy atom. The number of carbonyl (C=O) groups excluding carboxylic acids is 1. The summed E-state index contributed by atoms with van der Waals surface area (Å²) in [5.74, 6) is 0.954. The van der Waals surface area contributed by atoms with Crippen LogP contribution >= 0.6 is 27.5 Å². The van der Waals surface area contributed by atoms with Crippen LogP contribution in [0.5, 0.6) is 0 Å². The first kappa shape index (κ1) is 20.4. The minimum atomic E-state index is 0.0356. The van der Waals surface area contributed by atoms with E-state index >= 15 is 0 Å². The van der Waals surface area contributed by atoms with Gasteiger partial charge < -0.3 is 14.2 Å². The van der Waals surface area contributed by atoms with Crippen LogP contribution in [0.4, 0.5) is 0 Å². The molecular weight excluding hydrogens is 454 g/mol. The summed E-state index contributed by atoms with van der Waals surface area (Å²) in [4.78, 5) is 19.8. The molecule has 0 atom stereocenters. The predicted octanol–water partition coefficient (Wildman–Crippen LogP) is 4.67. The van der Waals surface area contributed by atoms with Crippen molar-refractivity contribution in [1.82, 2.24) is 14.5 Å². The highest BCUT2D eigenvalue weighted by Gasteiger charge is 2.23. The van der Waals surface area contributed by atoms with Crippen LogP contribution in [0.3, 0.4) is 0 Å². The van der Waals surface area contributed by atoms with Crippen molar-refractivity contribution in [2.24, 2.45) is 7.05 Å². The molecule has 2 aromatic carbocycles. The molecule has 1 aliphatic rings. The number of hydrogen-bond donors (Lipinski definition) is 0. The van der Waals surface area contributed by atoms with Crippen molar-refractivity contribution in [2.75, 3.05) is 26.3 Å². The molecule has 0 N–H and O–H groups in total. The van der Waals surface area contributed by atoms with Gasteiger partial charge in [-0.25, -0.2) is 4.98 Å². The van der Waals surface area contributed by atoms with Crippen molar-refractivity contribution in [3.05, 3.63) is 61.8 Å². The molecule has 1 aromatic heterocycles. The van der Waals surface area contributed by atoms with Gasteiger partial charge in [-0.1, -0.05) is 27.5 Å². The molecule has 1 amide bonds. The number of ether oxygens (including phenoxy) is 1. The van der Waals surface area contributed by atoms with Crippen molar-refractivity contribution in [2.45, 2.75) is 20.3 Å².